The van der Waals surface area contributed by atoms with Crippen LogP contribution in [-0.2, 0) is 6.42 Å². The fourth-order valence-corrected chi connectivity index (χ4v) is 5.02. The van der Waals surface area contributed by atoms with E-state index in [9.17, 15) is 14.7 Å². The van der Waals surface area contributed by atoms with E-state index < -0.39 is 17.2 Å². The number of hydrogen-bond acceptors (Lipinski definition) is 4. The number of hydrogen-bond donors (Lipinski definition) is 2. The summed E-state index contributed by atoms with van der Waals surface area (Å²) in [5.74, 6) is -0.840. The highest BCUT2D eigenvalue weighted by Crippen LogP contribution is 2.26. The summed E-state index contributed by atoms with van der Waals surface area (Å²) in [4.78, 5) is 27.2. The number of aromatic nitrogens is 2. The van der Waals surface area contributed by atoms with E-state index in [0.29, 0.717) is 11.4 Å². The molecule has 1 aliphatic rings. The minimum atomic E-state index is -0.616. The maximum atomic E-state index is 13.6. The topological polar surface area (TPSA) is 80.8 Å². The minimum absolute atomic E-state index is 0.0889. The van der Waals surface area contributed by atoms with Crippen molar-refractivity contribution in [2.24, 2.45) is 0 Å². The quantitative estimate of drug-likeness (QED) is 0.346. The van der Waals surface area contributed by atoms with Crippen LogP contribution in [0.1, 0.15) is 33.9 Å². The van der Waals surface area contributed by atoms with Gasteiger partial charge in [0.25, 0.3) is 5.56 Å². The Morgan fingerprint density at radius 3 is 2.18 bits per heavy atom. The van der Waals surface area contributed by atoms with Crippen LogP contribution in [0.15, 0.2) is 89.7 Å². The lowest BCUT2D eigenvalue weighted by Gasteiger charge is -2.23. The Morgan fingerprint density at radius 2 is 1.50 bits per heavy atom. The second kappa shape index (κ2) is 9.21. The number of Topliss-reactive ketones (excluding diaryl/α,β-unsaturated/α-hetero) is 1. The third-order valence-corrected chi connectivity index (χ3v) is 6.63. The van der Waals surface area contributed by atoms with Crippen molar-refractivity contribution in [2.75, 3.05) is 6.54 Å². The van der Waals surface area contributed by atoms with Crippen LogP contribution >= 0.6 is 12.2 Å². The molecule has 0 radical (unpaired) electrons. The van der Waals surface area contributed by atoms with E-state index >= 15 is 0 Å². The summed E-state index contributed by atoms with van der Waals surface area (Å²) in [5, 5.41) is 13.3. The molecule has 0 unspecified atom stereocenters. The molecule has 34 heavy (non-hydrogen) atoms. The summed E-state index contributed by atoms with van der Waals surface area (Å²) < 4.78 is 2.79. The third-order valence-electron chi connectivity index (χ3n) is 6.27. The standard InChI is InChI=1S/C27H23N3O3S/c31-23(17-22-21-14-8-7-9-18(21)15-16-28-22)24-25(32)29(19-10-3-1-4-11-19)27(34)30(26(24)33)20-12-5-2-6-13-20/h1-14,22,28,32H,15-17H2/p+1/t22-/m0/s1. The van der Waals surface area contributed by atoms with Crippen molar-refractivity contribution in [1.29, 1.82) is 0 Å². The second-order valence-corrected chi connectivity index (χ2v) is 8.70. The van der Waals surface area contributed by atoms with Crippen molar-refractivity contribution in [3.8, 4) is 17.3 Å². The summed E-state index contributed by atoms with van der Waals surface area (Å²) >= 11 is 5.64. The zero-order chi connectivity index (χ0) is 23.7. The van der Waals surface area contributed by atoms with Gasteiger partial charge in [-0.05, 0) is 42.0 Å². The first kappa shape index (κ1) is 22.0. The molecule has 5 rings (SSSR count). The highest BCUT2D eigenvalue weighted by Gasteiger charge is 2.30. The van der Waals surface area contributed by atoms with Gasteiger partial charge in [0.05, 0.1) is 24.3 Å². The van der Waals surface area contributed by atoms with Gasteiger partial charge in [-0.25, -0.2) is 0 Å². The van der Waals surface area contributed by atoms with Crippen molar-refractivity contribution < 1.29 is 15.2 Å². The molecule has 0 saturated heterocycles. The van der Waals surface area contributed by atoms with Gasteiger partial charge in [-0.3, -0.25) is 18.7 Å². The molecular weight excluding hydrogens is 446 g/mol. The number of benzene rings is 3. The number of quaternary nitrogens is 1. The Balaban J connectivity index is 1.68. The van der Waals surface area contributed by atoms with Crippen LogP contribution in [-0.4, -0.2) is 26.6 Å². The molecule has 1 aliphatic heterocycles. The molecule has 0 spiro atoms. The number of aromatic hydroxyl groups is 1. The summed E-state index contributed by atoms with van der Waals surface area (Å²) in [5.41, 5.74) is 2.55. The van der Waals surface area contributed by atoms with Crippen molar-refractivity contribution in [1.82, 2.24) is 9.13 Å². The van der Waals surface area contributed by atoms with Crippen LogP contribution in [0.3, 0.4) is 0 Å². The van der Waals surface area contributed by atoms with E-state index in [1.807, 2.05) is 42.5 Å². The molecular formula is C27H24N3O3S+. The van der Waals surface area contributed by atoms with Crippen molar-refractivity contribution in [2.45, 2.75) is 18.9 Å². The van der Waals surface area contributed by atoms with E-state index in [2.05, 4.69) is 11.4 Å². The Morgan fingerprint density at radius 1 is 0.912 bits per heavy atom. The molecule has 3 N–H and O–H groups in total. The van der Waals surface area contributed by atoms with Crippen LogP contribution in [0, 0.1) is 4.77 Å². The molecule has 0 aliphatic carbocycles. The maximum Gasteiger partial charge on any atom is 0.273 e. The van der Waals surface area contributed by atoms with Gasteiger partial charge in [0.1, 0.15) is 11.6 Å². The molecule has 0 amide bonds. The zero-order valence-electron chi connectivity index (χ0n) is 18.4. The lowest BCUT2D eigenvalue weighted by Crippen LogP contribution is -2.87. The highest BCUT2D eigenvalue weighted by molar-refractivity contribution is 7.71. The minimum Gasteiger partial charge on any atom is -0.493 e. The van der Waals surface area contributed by atoms with E-state index in [-0.39, 0.29) is 22.8 Å². The van der Waals surface area contributed by atoms with E-state index in [4.69, 9.17) is 12.2 Å². The summed E-state index contributed by atoms with van der Waals surface area (Å²) in [7, 11) is 0. The van der Waals surface area contributed by atoms with Crippen LogP contribution in [0.2, 0.25) is 0 Å². The van der Waals surface area contributed by atoms with Crippen LogP contribution in [0.5, 0.6) is 5.88 Å². The number of rotatable bonds is 5. The van der Waals surface area contributed by atoms with Gasteiger partial charge in [-0.15, -0.1) is 0 Å². The molecule has 2 heterocycles. The Labute approximate surface area is 201 Å². The van der Waals surface area contributed by atoms with E-state index in [1.165, 1.54) is 14.7 Å². The average molecular weight is 471 g/mol. The van der Waals surface area contributed by atoms with Gasteiger partial charge in [0.15, 0.2) is 10.6 Å². The summed E-state index contributed by atoms with van der Waals surface area (Å²) in [6, 6.07) is 25.9. The average Bonchev–Trinajstić information content (AvgIpc) is 2.85. The zero-order valence-corrected chi connectivity index (χ0v) is 19.2. The molecule has 6 nitrogen and oxygen atoms in total. The predicted molar refractivity (Wildman–Crippen MR) is 132 cm³/mol. The molecule has 4 aromatic rings. The highest BCUT2D eigenvalue weighted by atomic mass is 32.1. The van der Waals surface area contributed by atoms with Crippen LogP contribution < -0.4 is 10.9 Å². The smallest absolute Gasteiger partial charge is 0.273 e. The van der Waals surface area contributed by atoms with Gasteiger partial charge in [0.2, 0.25) is 5.88 Å². The van der Waals surface area contributed by atoms with Gasteiger partial charge < -0.3 is 10.4 Å². The Hall–Kier alpha value is -3.81. The number of carbonyl (C=O) groups is 1. The molecule has 1 atom stereocenters. The number of ketones is 1. The first-order valence-electron chi connectivity index (χ1n) is 11.2. The SMILES string of the molecule is O=C(C[C@@H]1[NH2+]CCc2ccccc21)c1c(O)n(-c2ccccc2)c(=S)n(-c2ccccc2)c1=O. The fraction of sp³-hybridized carbons (Fsp3) is 0.148. The molecule has 0 bridgehead atoms. The van der Waals surface area contributed by atoms with E-state index in [0.717, 1.165) is 18.5 Å². The summed E-state index contributed by atoms with van der Waals surface area (Å²) in [6.45, 7) is 0.865. The van der Waals surface area contributed by atoms with Crippen molar-refractivity contribution >= 4 is 18.0 Å². The molecule has 0 saturated carbocycles. The lowest BCUT2D eigenvalue weighted by atomic mass is 9.90. The molecule has 170 valence electrons. The molecule has 1 aromatic heterocycles. The number of fused-ring (bicyclic) bond motifs is 1. The number of para-hydroxylation sites is 2. The van der Waals surface area contributed by atoms with Crippen molar-refractivity contribution in [3.63, 3.8) is 0 Å². The normalized spacial score (nSPS) is 15.0. The second-order valence-electron chi connectivity index (χ2n) is 8.34. The Bertz CT molecular complexity index is 1480. The number of nitrogens with zero attached hydrogens (tertiary/aromatic N) is 2. The molecule has 0 fully saturated rings. The van der Waals surface area contributed by atoms with Crippen LogP contribution in [0.4, 0.5) is 0 Å². The first-order chi connectivity index (χ1) is 16.6. The molecule has 7 heteroatoms. The number of nitrogens with two attached hydrogens (primary N) is 1. The first-order valence-corrected chi connectivity index (χ1v) is 11.6. The van der Waals surface area contributed by atoms with Gasteiger partial charge >= 0.3 is 0 Å². The third kappa shape index (κ3) is 3.89. The van der Waals surface area contributed by atoms with Gasteiger partial charge in [-0.2, -0.15) is 0 Å². The number of carbonyl (C=O) groups excluding carboxylic acids is 1. The monoisotopic (exact) mass is 470 g/mol. The fourth-order valence-electron chi connectivity index (χ4n) is 4.64. The molecule has 3 aromatic carbocycles. The largest absolute Gasteiger partial charge is 0.493 e. The Kier molecular flexibility index (Phi) is 5.96. The van der Waals surface area contributed by atoms with E-state index in [1.54, 1.807) is 36.4 Å². The summed E-state index contributed by atoms with van der Waals surface area (Å²) in [6.07, 6.45) is 1.03. The maximum absolute atomic E-state index is 13.6. The predicted octanol–water partition coefficient (Wildman–Crippen LogP) is 3.50. The van der Waals surface area contributed by atoms with Gasteiger partial charge in [-0.1, -0.05) is 60.7 Å². The van der Waals surface area contributed by atoms with Gasteiger partial charge in [0, 0.05) is 12.0 Å². The lowest BCUT2D eigenvalue weighted by molar-refractivity contribution is -0.697. The van der Waals surface area contributed by atoms with Crippen molar-refractivity contribution in [3.05, 3.63) is 117 Å². The van der Waals surface area contributed by atoms with Crippen LogP contribution in [0.25, 0.3) is 11.4 Å².